The number of benzene rings is 2. The Morgan fingerprint density at radius 1 is 1.00 bits per heavy atom. The molecule has 0 aliphatic heterocycles. The van der Waals surface area contributed by atoms with Crippen LogP contribution in [0, 0.1) is 20.8 Å². The number of nitrogens with one attached hydrogen (secondary N) is 2. The van der Waals surface area contributed by atoms with Crippen molar-refractivity contribution in [1.82, 2.24) is 14.8 Å². The zero-order valence-electron chi connectivity index (χ0n) is 14.6. The summed E-state index contributed by atoms with van der Waals surface area (Å²) in [5.41, 5.74) is 5.74. The first-order valence-electron chi connectivity index (χ1n) is 8.09. The number of anilines is 2. The summed E-state index contributed by atoms with van der Waals surface area (Å²) < 4.78 is 1.79. The molecule has 0 amide bonds. The number of aryl methyl sites for hydroxylation is 3. The summed E-state index contributed by atoms with van der Waals surface area (Å²) in [6.07, 6.45) is 1.70. The van der Waals surface area contributed by atoms with Crippen molar-refractivity contribution in [3.63, 3.8) is 0 Å². The highest BCUT2D eigenvalue weighted by atomic mass is 32.1. The number of hydrogen-bond donors (Lipinski definition) is 2. The third-order valence-corrected chi connectivity index (χ3v) is 3.87. The van der Waals surface area contributed by atoms with E-state index in [-0.39, 0.29) is 0 Å². The minimum absolute atomic E-state index is 0.471. The topological polar surface area (TPSA) is 54.8 Å². The van der Waals surface area contributed by atoms with E-state index in [1.54, 1.807) is 11.0 Å². The Kier molecular flexibility index (Phi) is 5.09. The maximum Gasteiger partial charge on any atom is 0.248 e. The molecular formula is C19H21N5S. The van der Waals surface area contributed by atoms with Gasteiger partial charge in [0.15, 0.2) is 5.11 Å². The van der Waals surface area contributed by atoms with E-state index < -0.39 is 0 Å². The summed E-state index contributed by atoms with van der Waals surface area (Å²) >= 11 is 5.35. The molecule has 0 saturated carbocycles. The monoisotopic (exact) mass is 351 g/mol. The van der Waals surface area contributed by atoms with Crippen LogP contribution in [0.1, 0.15) is 22.3 Å². The van der Waals surface area contributed by atoms with Gasteiger partial charge in [-0.1, -0.05) is 35.9 Å². The number of rotatable bonds is 4. The molecule has 0 spiro atoms. The van der Waals surface area contributed by atoms with Crippen LogP contribution < -0.4 is 10.6 Å². The van der Waals surface area contributed by atoms with Gasteiger partial charge in [-0.25, -0.2) is 9.67 Å². The molecule has 128 valence electrons. The smallest absolute Gasteiger partial charge is 0.248 e. The summed E-state index contributed by atoms with van der Waals surface area (Å²) in [6, 6.07) is 14.6. The van der Waals surface area contributed by atoms with Crippen LogP contribution in [0.4, 0.5) is 11.6 Å². The maximum atomic E-state index is 5.35. The maximum absolute atomic E-state index is 5.35. The van der Waals surface area contributed by atoms with Gasteiger partial charge in [-0.3, -0.25) is 5.32 Å². The van der Waals surface area contributed by atoms with Crippen LogP contribution in [-0.2, 0) is 6.54 Å². The largest absolute Gasteiger partial charge is 0.332 e. The van der Waals surface area contributed by atoms with Crippen molar-refractivity contribution in [2.75, 3.05) is 10.6 Å². The molecule has 0 radical (unpaired) electrons. The first-order valence-corrected chi connectivity index (χ1v) is 8.50. The highest BCUT2D eigenvalue weighted by Gasteiger charge is 2.05. The predicted octanol–water partition coefficient (Wildman–Crippen LogP) is 4.06. The number of nitrogens with zero attached hydrogens (tertiary/aromatic N) is 3. The van der Waals surface area contributed by atoms with Crippen LogP contribution in [0.25, 0.3) is 0 Å². The molecule has 3 aromatic rings. The molecule has 25 heavy (non-hydrogen) atoms. The van der Waals surface area contributed by atoms with Gasteiger partial charge in [0.25, 0.3) is 0 Å². The SMILES string of the molecule is Cc1cccc(Cn2cnc(NC(=S)Nc3cc(C)cc(C)c3)n2)c1. The second-order valence-electron chi connectivity index (χ2n) is 6.21. The van der Waals surface area contributed by atoms with Crippen LogP contribution in [0.3, 0.4) is 0 Å². The van der Waals surface area contributed by atoms with Crippen LogP contribution >= 0.6 is 12.2 Å². The molecule has 0 fully saturated rings. The normalized spacial score (nSPS) is 10.5. The summed E-state index contributed by atoms with van der Waals surface area (Å²) in [5, 5.41) is 11.1. The molecular weight excluding hydrogens is 330 g/mol. The zero-order chi connectivity index (χ0) is 17.8. The third kappa shape index (κ3) is 4.87. The van der Waals surface area contributed by atoms with Gasteiger partial charge in [-0.2, -0.15) is 0 Å². The van der Waals surface area contributed by atoms with Crippen LogP contribution in [0.5, 0.6) is 0 Å². The van der Waals surface area contributed by atoms with E-state index in [9.17, 15) is 0 Å². The van der Waals surface area contributed by atoms with Gasteiger partial charge in [0.1, 0.15) is 6.33 Å². The lowest BCUT2D eigenvalue weighted by molar-refractivity contribution is 0.687. The van der Waals surface area contributed by atoms with Gasteiger partial charge in [0.05, 0.1) is 6.54 Å². The zero-order valence-corrected chi connectivity index (χ0v) is 15.4. The van der Waals surface area contributed by atoms with Crippen LogP contribution in [0.2, 0.25) is 0 Å². The fraction of sp³-hybridized carbons (Fsp3) is 0.211. The van der Waals surface area contributed by atoms with Crippen molar-refractivity contribution in [2.24, 2.45) is 0 Å². The van der Waals surface area contributed by atoms with Crippen molar-refractivity contribution >= 4 is 29.0 Å². The quantitative estimate of drug-likeness (QED) is 0.694. The van der Waals surface area contributed by atoms with Gasteiger partial charge in [-0.15, -0.1) is 5.10 Å². The molecule has 6 heteroatoms. The lowest BCUT2D eigenvalue weighted by Gasteiger charge is -2.09. The minimum Gasteiger partial charge on any atom is -0.332 e. The van der Waals surface area contributed by atoms with E-state index in [2.05, 4.69) is 65.8 Å². The molecule has 0 unspecified atom stereocenters. The second kappa shape index (κ2) is 7.44. The van der Waals surface area contributed by atoms with Crippen molar-refractivity contribution in [1.29, 1.82) is 0 Å². The number of aromatic nitrogens is 3. The van der Waals surface area contributed by atoms with E-state index in [1.807, 2.05) is 18.2 Å². The van der Waals surface area contributed by atoms with E-state index in [0.717, 1.165) is 5.69 Å². The van der Waals surface area contributed by atoms with Gasteiger partial charge in [-0.05, 0) is 61.8 Å². The van der Waals surface area contributed by atoms with Gasteiger partial charge in [0.2, 0.25) is 5.95 Å². The molecule has 3 rings (SSSR count). The number of thiocarbonyl (C=S) groups is 1. The second-order valence-corrected chi connectivity index (χ2v) is 6.62. The van der Waals surface area contributed by atoms with Crippen molar-refractivity contribution in [2.45, 2.75) is 27.3 Å². The molecule has 0 aliphatic carbocycles. The Morgan fingerprint density at radius 2 is 1.76 bits per heavy atom. The Morgan fingerprint density at radius 3 is 2.48 bits per heavy atom. The van der Waals surface area contributed by atoms with Crippen molar-refractivity contribution in [3.8, 4) is 0 Å². The average molecular weight is 351 g/mol. The Bertz CT molecular complexity index is 880. The van der Waals surface area contributed by atoms with Gasteiger partial charge >= 0.3 is 0 Å². The molecule has 2 N–H and O–H groups in total. The molecule has 1 aromatic heterocycles. The molecule has 0 atom stereocenters. The molecule has 0 bridgehead atoms. The van der Waals surface area contributed by atoms with Crippen LogP contribution in [-0.4, -0.2) is 19.9 Å². The van der Waals surface area contributed by atoms with Gasteiger partial charge < -0.3 is 5.32 Å². The first kappa shape index (κ1) is 17.1. The van der Waals surface area contributed by atoms with Crippen molar-refractivity contribution in [3.05, 3.63) is 71.0 Å². The standard InChI is InChI=1S/C19H21N5S/c1-13-5-4-6-16(8-13)11-24-12-20-18(23-24)22-19(25)21-17-9-14(2)7-15(3)10-17/h4-10,12H,11H2,1-3H3,(H2,21,22,23,25). The molecule has 2 aromatic carbocycles. The highest BCUT2D eigenvalue weighted by Crippen LogP contribution is 2.14. The third-order valence-electron chi connectivity index (χ3n) is 3.67. The van der Waals surface area contributed by atoms with Gasteiger partial charge in [0, 0.05) is 5.69 Å². The fourth-order valence-corrected chi connectivity index (χ4v) is 2.95. The Balaban J connectivity index is 1.61. The first-order chi connectivity index (χ1) is 12.0. The van der Waals surface area contributed by atoms with Crippen LogP contribution in [0.15, 0.2) is 48.8 Å². The predicted molar refractivity (Wildman–Crippen MR) is 106 cm³/mol. The van der Waals surface area contributed by atoms with Crippen molar-refractivity contribution < 1.29 is 0 Å². The summed E-state index contributed by atoms with van der Waals surface area (Å²) in [4.78, 5) is 4.26. The van der Waals surface area contributed by atoms with E-state index in [4.69, 9.17) is 12.2 Å². The lowest BCUT2D eigenvalue weighted by atomic mass is 10.1. The van der Waals surface area contributed by atoms with E-state index in [0.29, 0.717) is 17.6 Å². The summed E-state index contributed by atoms with van der Waals surface area (Å²) in [7, 11) is 0. The molecule has 1 heterocycles. The fourth-order valence-electron chi connectivity index (χ4n) is 2.74. The summed E-state index contributed by atoms with van der Waals surface area (Å²) in [6.45, 7) is 6.87. The molecule has 0 aliphatic rings. The average Bonchev–Trinajstić information content (AvgIpc) is 2.92. The Hall–Kier alpha value is -2.73. The number of hydrogen-bond acceptors (Lipinski definition) is 3. The van der Waals surface area contributed by atoms with E-state index >= 15 is 0 Å². The van der Waals surface area contributed by atoms with E-state index in [1.165, 1.54) is 22.3 Å². The molecule has 0 saturated heterocycles. The Labute approximate surface area is 153 Å². The lowest BCUT2D eigenvalue weighted by Crippen LogP contribution is -2.20. The minimum atomic E-state index is 0.471. The highest BCUT2D eigenvalue weighted by molar-refractivity contribution is 7.80. The molecule has 5 nitrogen and oxygen atoms in total. The summed E-state index contributed by atoms with van der Waals surface area (Å²) in [5.74, 6) is 0.481.